The average Bonchev–Trinajstić information content (AvgIpc) is 3.01. The number of carbonyl (C=O) groups excluding carboxylic acids is 1. The molecule has 1 amide bonds. The molecule has 2 aromatic rings. The molecular weight excluding hydrogens is 414 g/mol. The van der Waals surface area contributed by atoms with Crippen molar-refractivity contribution >= 4 is 44.5 Å². The number of hydrogen-bond donors (Lipinski definition) is 1. The molecule has 1 atom stereocenters. The molecule has 0 aliphatic carbocycles. The molecule has 1 saturated heterocycles. The van der Waals surface area contributed by atoms with Gasteiger partial charge >= 0.3 is 0 Å². The lowest BCUT2D eigenvalue weighted by Crippen LogP contribution is -2.25. The van der Waals surface area contributed by atoms with Crippen molar-refractivity contribution in [1.29, 1.82) is 0 Å². The molecule has 0 bridgehead atoms. The molecule has 0 spiro atoms. The molecule has 2 aromatic carbocycles. The molecule has 1 heterocycles. The second-order valence-corrected chi connectivity index (χ2v) is 7.85. The van der Waals surface area contributed by atoms with E-state index in [1.807, 2.05) is 55.5 Å². The summed E-state index contributed by atoms with van der Waals surface area (Å²) in [7, 11) is 1.63. The third-order valence-electron chi connectivity index (χ3n) is 3.91. The van der Waals surface area contributed by atoms with Gasteiger partial charge in [-0.2, -0.15) is 5.10 Å². The minimum absolute atomic E-state index is 0.0334. The number of methoxy groups -OCH3 is 1. The molecule has 26 heavy (non-hydrogen) atoms. The molecule has 0 aromatic heterocycles. The van der Waals surface area contributed by atoms with Crippen molar-refractivity contribution in [3.63, 3.8) is 0 Å². The Morgan fingerprint density at radius 2 is 1.88 bits per heavy atom. The van der Waals surface area contributed by atoms with E-state index >= 15 is 0 Å². The van der Waals surface area contributed by atoms with Gasteiger partial charge in [-0.05, 0) is 60.9 Å². The smallest absolute Gasteiger partial charge is 0.239 e. The van der Waals surface area contributed by atoms with Crippen LogP contribution < -0.4 is 10.1 Å². The number of nitrogens with zero attached hydrogens (tertiary/aromatic N) is 2. The first kappa shape index (κ1) is 18.7. The fourth-order valence-electron chi connectivity index (χ4n) is 2.43. The summed E-state index contributed by atoms with van der Waals surface area (Å²) < 4.78 is 6.17. The summed E-state index contributed by atoms with van der Waals surface area (Å²) in [4.78, 5) is 12.2. The largest absolute Gasteiger partial charge is 0.497 e. The Balaban J connectivity index is 1.65. The second kappa shape index (κ2) is 8.51. The Morgan fingerprint density at radius 1 is 1.19 bits per heavy atom. The van der Waals surface area contributed by atoms with Gasteiger partial charge in [0.15, 0.2) is 5.17 Å². The second-order valence-electron chi connectivity index (χ2n) is 5.75. The Morgan fingerprint density at radius 3 is 2.54 bits per heavy atom. The summed E-state index contributed by atoms with van der Waals surface area (Å²) in [6.45, 7) is 1.88. The summed E-state index contributed by atoms with van der Waals surface area (Å²) in [5, 5.41) is 11.6. The van der Waals surface area contributed by atoms with Crippen molar-refractivity contribution < 1.29 is 9.53 Å². The number of nitrogens with one attached hydrogen (secondary N) is 1. The van der Waals surface area contributed by atoms with Gasteiger partial charge in [-0.15, -0.1) is 5.10 Å². The van der Waals surface area contributed by atoms with Gasteiger partial charge < -0.3 is 10.1 Å². The highest BCUT2D eigenvalue weighted by molar-refractivity contribution is 9.10. The average molecular weight is 432 g/mol. The molecule has 5 nitrogen and oxygen atoms in total. The van der Waals surface area contributed by atoms with Crippen molar-refractivity contribution in [2.45, 2.75) is 18.6 Å². The summed E-state index contributed by atoms with van der Waals surface area (Å²) >= 11 is 4.83. The topological polar surface area (TPSA) is 63.1 Å². The van der Waals surface area contributed by atoms with Crippen LogP contribution in [0.2, 0.25) is 0 Å². The number of thioether (sulfide) groups is 1. The van der Waals surface area contributed by atoms with E-state index in [9.17, 15) is 4.79 Å². The number of carbonyl (C=O) groups is 1. The molecule has 7 heteroatoms. The number of halogens is 1. The zero-order chi connectivity index (χ0) is 18.5. The first-order chi connectivity index (χ1) is 12.5. The Kier molecular flexibility index (Phi) is 6.11. The van der Waals surface area contributed by atoms with Crippen LogP contribution in [-0.4, -0.2) is 29.1 Å². The van der Waals surface area contributed by atoms with Crippen LogP contribution in [-0.2, 0) is 11.2 Å². The van der Waals surface area contributed by atoms with Crippen molar-refractivity contribution in [2.75, 3.05) is 7.11 Å². The number of ether oxygens (including phenoxy) is 1. The molecule has 134 valence electrons. The van der Waals surface area contributed by atoms with Crippen LogP contribution in [0.25, 0.3) is 0 Å². The first-order valence-corrected chi connectivity index (χ1v) is 9.71. The molecule has 1 aliphatic heterocycles. The molecular formula is C19H18BrN3O2S. The Labute approximate surface area is 165 Å². The normalized spacial score (nSPS) is 18.9. The summed E-state index contributed by atoms with van der Waals surface area (Å²) in [5.74, 6) is 0.760. The third kappa shape index (κ3) is 4.74. The van der Waals surface area contributed by atoms with Crippen LogP contribution in [0.4, 0.5) is 0 Å². The summed E-state index contributed by atoms with van der Waals surface area (Å²) in [6.07, 6.45) is 0.657. The lowest BCUT2D eigenvalue weighted by molar-refractivity contribution is -0.118. The van der Waals surface area contributed by atoms with Gasteiger partial charge in [0, 0.05) is 4.47 Å². The molecule has 0 saturated carbocycles. The van der Waals surface area contributed by atoms with Crippen molar-refractivity contribution in [2.24, 2.45) is 10.2 Å². The van der Waals surface area contributed by atoms with Gasteiger partial charge in [0.05, 0.1) is 18.1 Å². The minimum atomic E-state index is -0.189. The number of rotatable bonds is 5. The fraction of sp³-hybridized carbons (Fsp3) is 0.211. The van der Waals surface area contributed by atoms with Crippen LogP contribution in [0.1, 0.15) is 18.1 Å². The van der Waals surface area contributed by atoms with E-state index in [0.29, 0.717) is 11.6 Å². The summed E-state index contributed by atoms with van der Waals surface area (Å²) in [6, 6.07) is 15.6. The van der Waals surface area contributed by atoms with Gasteiger partial charge in [-0.3, -0.25) is 4.79 Å². The highest BCUT2D eigenvalue weighted by Gasteiger charge is 2.30. The number of hydrogen-bond acceptors (Lipinski definition) is 5. The van der Waals surface area contributed by atoms with E-state index in [-0.39, 0.29) is 11.2 Å². The SMILES string of the molecule is COc1ccc(/C(C)=N\N=C2\NC(=O)[C@@H](Cc3ccc(Br)cc3)S2)cc1. The van der Waals surface area contributed by atoms with Crippen LogP contribution in [0, 0.1) is 0 Å². The van der Waals surface area contributed by atoms with Crippen molar-refractivity contribution in [3.05, 3.63) is 64.1 Å². The maximum Gasteiger partial charge on any atom is 0.239 e. The van der Waals surface area contributed by atoms with E-state index in [0.717, 1.165) is 27.1 Å². The van der Waals surface area contributed by atoms with Gasteiger partial charge in [0.1, 0.15) is 5.75 Å². The highest BCUT2D eigenvalue weighted by atomic mass is 79.9. The van der Waals surface area contributed by atoms with Crippen LogP contribution in [0.15, 0.2) is 63.2 Å². The molecule has 1 fully saturated rings. The molecule has 0 unspecified atom stereocenters. The Hall–Kier alpha value is -2.12. The summed E-state index contributed by atoms with van der Waals surface area (Å²) in [5.41, 5.74) is 2.84. The maximum absolute atomic E-state index is 12.2. The maximum atomic E-state index is 12.2. The van der Waals surface area contributed by atoms with E-state index in [1.165, 1.54) is 11.8 Å². The van der Waals surface area contributed by atoms with Crippen LogP contribution in [0.5, 0.6) is 5.75 Å². The van der Waals surface area contributed by atoms with Crippen LogP contribution >= 0.6 is 27.7 Å². The fourth-order valence-corrected chi connectivity index (χ4v) is 3.65. The van der Waals surface area contributed by atoms with Crippen molar-refractivity contribution in [1.82, 2.24) is 5.32 Å². The lowest BCUT2D eigenvalue weighted by atomic mass is 10.1. The van der Waals surface area contributed by atoms with E-state index < -0.39 is 0 Å². The first-order valence-electron chi connectivity index (χ1n) is 8.04. The zero-order valence-corrected chi connectivity index (χ0v) is 16.8. The quantitative estimate of drug-likeness (QED) is 0.574. The van der Waals surface area contributed by atoms with Gasteiger partial charge in [-0.25, -0.2) is 0 Å². The standard InChI is InChI=1S/C19H18BrN3O2S/c1-12(14-5-9-16(25-2)10-6-14)22-23-19-21-18(24)17(26-19)11-13-3-7-15(20)8-4-13/h3-10,17H,11H2,1-2H3,(H,21,23,24)/b22-12-/t17-/m1/s1. The van der Waals surface area contributed by atoms with Gasteiger partial charge in [0.2, 0.25) is 5.91 Å². The monoisotopic (exact) mass is 431 g/mol. The zero-order valence-electron chi connectivity index (χ0n) is 14.4. The van der Waals surface area contributed by atoms with E-state index in [1.54, 1.807) is 7.11 Å². The lowest BCUT2D eigenvalue weighted by Gasteiger charge is -2.05. The predicted octanol–water partition coefficient (Wildman–Crippen LogP) is 4.01. The number of benzene rings is 2. The molecule has 3 rings (SSSR count). The van der Waals surface area contributed by atoms with Crippen LogP contribution in [0.3, 0.4) is 0 Å². The number of amidine groups is 1. The molecule has 1 N–H and O–H groups in total. The van der Waals surface area contributed by atoms with E-state index in [4.69, 9.17) is 4.74 Å². The molecule has 0 radical (unpaired) electrons. The Bertz CT molecular complexity index is 848. The van der Waals surface area contributed by atoms with E-state index in [2.05, 4.69) is 31.4 Å². The minimum Gasteiger partial charge on any atom is -0.497 e. The van der Waals surface area contributed by atoms with Gasteiger partial charge in [0.25, 0.3) is 0 Å². The van der Waals surface area contributed by atoms with Crippen molar-refractivity contribution in [3.8, 4) is 5.75 Å². The molecule has 1 aliphatic rings. The number of amides is 1. The third-order valence-corrected chi connectivity index (χ3v) is 5.51. The predicted molar refractivity (Wildman–Crippen MR) is 110 cm³/mol. The van der Waals surface area contributed by atoms with Gasteiger partial charge in [-0.1, -0.05) is 39.8 Å². The highest BCUT2D eigenvalue weighted by Crippen LogP contribution is 2.24.